The van der Waals surface area contributed by atoms with Crippen molar-refractivity contribution in [1.29, 1.82) is 0 Å². The normalized spacial score (nSPS) is 11.1. The summed E-state index contributed by atoms with van der Waals surface area (Å²) in [5.74, 6) is 1.29. The van der Waals surface area contributed by atoms with Crippen LogP contribution >= 0.6 is 15.9 Å². The van der Waals surface area contributed by atoms with Gasteiger partial charge in [-0.15, -0.1) is 0 Å². The van der Waals surface area contributed by atoms with Crippen molar-refractivity contribution in [3.05, 3.63) is 22.2 Å². The van der Waals surface area contributed by atoms with Gasteiger partial charge in [-0.05, 0) is 48.8 Å². The van der Waals surface area contributed by atoms with Gasteiger partial charge in [0.15, 0.2) is 11.5 Å². The Morgan fingerprint density at radius 3 is 2.71 bits per heavy atom. The number of ether oxygens (including phenoxy) is 2. The maximum absolute atomic E-state index is 8.53. The maximum Gasteiger partial charge on any atom is 0.175 e. The molecule has 0 heterocycles. The standard InChI is InChI=1S/C12H16BrNO3/c1-4-16-11-6-9(7-14-15)5-10(13)12(11)17-8(2)3/h5-8,15H,4H2,1-3H3. The van der Waals surface area contributed by atoms with Crippen molar-refractivity contribution in [2.45, 2.75) is 26.9 Å². The summed E-state index contributed by atoms with van der Waals surface area (Å²) in [5.41, 5.74) is 0.735. The minimum atomic E-state index is 0.0582. The van der Waals surface area contributed by atoms with Crippen molar-refractivity contribution in [1.82, 2.24) is 0 Å². The lowest BCUT2D eigenvalue weighted by Gasteiger charge is -2.16. The molecule has 17 heavy (non-hydrogen) atoms. The van der Waals surface area contributed by atoms with Crippen LogP contribution in [0.3, 0.4) is 0 Å². The molecule has 0 spiro atoms. The maximum atomic E-state index is 8.53. The Labute approximate surface area is 109 Å². The van der Waals surface area contributed by atoms with Crippen LogP contribution < -0.4 is 9.47 Å². The van der Waals surface area contributed by atoms with Gasteiger partial charge in [0.2, 0.25) is 0 Å². The van der Waals surface area contributed by atoms with Crippen molar-refractivity contribution in [2.24, 2.45) is 5.16 Å². The van der Waals surface area contributed by atoms with Gasteiger partial charge < -0.3 is 14.7 Å². The molecule has 1 rings (SSSR count). The molecular weight excluding hydrogens is 286 g/mol. The molecule has 0 aliphatic carbocycles. The van der Waals surface area contributed by atoms with Crippen LogP contribution in [-0.2, 0) is 0 Å². The Balaban J connectivity index is 3.17. The average molecular weight is 302 g/mol. The van der Waals surface area contributed by atoms with Crippen LogP contribution in [0, 0.1) is 0 Å². The Bertz CT molecular complexity index is 405. The number of nitrogens with zero attached hydrogens (tertiary/aromatic N) is 1. The quantitative estimate of drug-likeness (QED) is 0.515. The molecule has 0 fully saturated rings. The van der Waals surface area contributed by atoms with E-state index in [-0.39, 0.29) is 6.10 Å². The van der Waals surface area contributed by atoms with Gasteiger partial charge in [-0.1, -0.05) is 5.16 Å². The summed E-state index contributed by atoms with van der Waals surface area (Å²) in [6.45, 7) is 6.34. The van der Waals surface area contributed by atoms with E-state index in [1.54, 1.807) is 12.1 Å². The van der Waals surface area contributed by atoms with Crippen molar-refractivity contribution >= 4 is 22.1 Å². The van der Waals surface area contributed by atoms with Gasteiger partial charge in [-0.25, -0.2) is 0 Å². The smallest absolute Gasteiger partial charge is 0.175 e. The highest BCUT2D eigenvalue weighted by Gasteiger charge is 2.13. The fourth-order valence-corrected chi connectivity index (χ4v) is 1.90. The first-order valence-corrected chi connectivity index (χ1v) is 6.18. The van der Waals surface area contributed by atoms with Crippen molar-refractivity contribution in [2.75, 3.05) is 6.61 Å². The van der Waals surface area contributed by atoms with Crippen LogP contribution in [0.4, 0.5) is 0 Å². The predicted octanol–water partition coefficient (Wildman–Crippen LogP) is 3.44. The molecule has 4 nitrogen and oxygen atoms in total. The van der Waals surface area contributed by atoms with Gasteiger partial charge in [0, 0.05) is 5.56 Å². The number of rotatable bonds is 5. The van der Waals surface area contributed by atoms with Gasteiger partial charge in [0.1, 0.15) is 0 Å². The molecule has 0 aromatic heterocycles. The minimum absolute atomic E-state index is 0.0582. The summed E-state index contributed by atoms with van der Waals surface area (Å²) in [5, 5.41) is 11.5. The largest absolute Gasteiger partial charge is 0.490 e. The number of oxime groups is 1. The highest BCUT2D eigenvalue weighted by atomic mass is 79.9. The Morgan fingerprint density at radius 2 is 2.18 bits per heavy atom. The molecule has 0 bridgehead atoms. The fourth-order valence-electron chi connectivity index (χ4n) is 1.34. The first-order valence-electron chi connectivity index (χ1n) is 5.38. The van der Waals surface area contributed by atoms with Crippen LogP contribution in [0.15, 0.2) is 21.8 Å². The number of halogens is 1. The van der Waals surface area contributed by atoms with Crippen molar-refractivity contribution in [3.8, 4) is 11.5 Å². The van der Waals surface area contributed by atoms with Gasteiger partial charge in [0.25, 0.3) is 0 Å². The second-order valence-corrected chi connectivity index (χ2v) is 4.53. The molecule has 1 N–H and O–H groups in total. The van der Waals surface area contributed by atoms with Crippen LogP contribution in [0.1, 0.15) is 26.3 Å². The SMILES string of the molecule is CCOc1cc(C=NO)cc(Br)c1OC(C)C. The molecule has 0 amide bonds. The van der Waals surface area contributed by atoms with Crippen LogP contribution in [0.25, 0.3) is 0 Å². The summed E-state index contributed by atoms with van der Waals surface area (Å²) in [7, 11) is 0. The summed E-state index contributed by atoms with van der Waals surface area (Å²) in [6.07, 6.45) is 1.40. The van der Waals surface area contributed by atoms with Gasteiger partial charge in [0.05, 0.1) is 23.4 Å². The highest BCUT2D eigenvalue weighted by molar-refractivity contribution is 9.10. The third kappa shape index (κ3) is 3.93. The lowest BCUT2D eigenvalue weighted by Crippen LogP contribution is -2.08. The van der Waals surface area contributed by atoms with E-state index in [0.717, 1.165) is 10.0 Å². The number of hydrogen-bond donors (Lipinski definition) is 1. The molecule has 0 aliphatic rings. The molecule has 94 valence electrons. The monoisotopic (exact) mass is 301 g/mol. The number of benzene rings is 1. The predicted molar refractivity (Wildman–Crippen MR) is 70.5 cm³/mol. The topological polar surface area (TPSA) is 51.0 Å². The van der Waals surface area contributed by atoms with Crippen LogP contribution in [0.5, 0.6) is 11.5 Å². The molecule has 5 heteroatoms. The first kappa shape index (κ1) is 13.8. The fraction of sp³-hybridized carbons (Fsp3) is 0.417. The van der Waals surface area contributed by atoms with E-state index in [2.05, 4.69) is 21.1 Å². The van der Waals surface area contributed by atoms with Gasteiger partial charge in [-0.2, -0.15) is 0 Å². The van der Waals surface area contributed by atoms with Crippen LogP contribution in [-0.4, -0.2) is 24.1 Å². The Hall–Kier alpha value is -1.23. The van der Waals surface area contributed by atoms with E-state index in [4.69, 9.17) is 14.7 Å². The Morgan fingerprint density at radius 1 is 1.47 bits per heavy atom. The molecule has 0 saturated carbocycles. The zero-order valence-corrected chi connectivity index (χ0v) is 11.7. The molecular formula is C12H16BrNO3. The Kier molecular flexibility index (Phi) is 5.28. The summed E-state index contributed by atoms with van der Waals surface area (Å²) in [6, 6.07) is 3.58. The van der Waals surface area contributed by atoms with Gasteiger partial charge in [-0.3, -0.25) is 0 Å². The van der Waals surface area contributed by atoms with E-state index in [0.29, 0.717) is 18.1 Å². The summed E-state index contributed by atoms with van der Waals surface area (Å²) >= 11 is 3.42. The highest BCUT2D eigenvalue weighted by Crippen LogP contribution is 2.37. The number of hydrogen-bond acceptors (Lipinski definition) is 4. The lowest BCUT2D eigenvalue weighted by molar-refractivity contribution is 0.222. The molecule has 0 radical (unpaired) electrons. The molecule has 1 aromatic carbocycles. The molecule has 0 unspecified atom stereocenters. The third-order valence-electron chi connectivity index (χ3n) is 1.89. The zero-order valence-electron chi connectivity index (χ0n) is 10.1. The second-order valence-electron chi connectivity index (χ2n) is 3.67. The molecule has 0 atom stereocenters. The van der Waals surface area contributed by atoms with E-state index < -0.39 is 0 Å². The van der Waals surface area contributed by atoms with E-state index >= 15 is 0 Å². The molecule has 0 saturated heterocycles. The van der Waals surface area contributed by atoms with E-state index in [1.807, 2.05) is 20.8 Å². The average Bonchev–Trinajstić information content (AvgIpc) is 2.23. The van der Waals surface area contributed by atoms with E-state index in [9.17, 15) is 0 Å². The van der Waals surface area contributed by atoms with Crippen molar-refractivity contribution in [3.63, 3.8) is 0 Å². The molecule has 1 aromatic rings. The van der Waals surface area contributed by atoms with Crippen LogP contribution in [0.2, 0.25) is 0 Å². The second kappa shape index (κ2) is 6.49. The van der Waals surface area contributed by atoms with Gasteiger partial charge >= 0.3 is 0 Å². The summed E-state index contributed by atoms with van der Waals surface area (Å²) in [4.78, 5) is 0. The van der Waals surface area contributed by atoms with Crippen molar-refractivity contribution < 1.29 is 14.7 Å². The zero-order chi connectivity index (χ0) is 12.8. The minimum Gasteiger partial charge on any atom is -0.490 e. The third-order valence-corrected chi connectivity index (χ3v) is 2.48. The lowest BCUT2D eigenvalue weighted by atomic mass is 10.2. The van der Waals surface area contributed by atoms with E-state index in [1.165, 1.54) is 6.21 Å². The first-order chi connectivity index (χ1) is 8.08. The summed E-state index contributed by atoms with van der Waals surface area (Å²) < 4.78 is 12.0. The molecule has 0 aliphatic heterocycles.